The Balaban J connectivity index is 1.58. The standard InChI is InChI=1S/C20H21BrN2O4S/c1-12-9-14-10-13(3-5-18(14)23(12)28(2,25)26)20(24)22-17-7-8-27-19-6-4-15(21)11-16(17)19/h3-6,10-12,17H,7-9H2,1-2H3,(H,22,24). The molecular formula is C20H21BrN2O4S. The summed E-state index contributed by atoms with van der Waals surface area (Å²) in [7, 11) is -3.34. The van der Waals surface area contributed by atoms with Gasteiger partial charge in [0.1, 0.15) is 5.75 Å². The van der Waals surface area contributed by atoms with Crippen molar-refractivity contribution in [2.75, 3.05) is 17.2 Å². The van der Waals surface area contributed by atoms with Gasteiger partial charge in [0.25, 0.3) is 5.91 Å². The molecule has 0 fully saturated rings. The lowest BCUT2D eigenvalue weighted by Crippen LogP contribution is -2.34. The third kappa shape index (κ3) is 3.51. The molecule has 0 radical (unpaired) electrons. The summed E-state index contributed by atoms with van der Waals surface area (Å²) in [6.07, 6.45) is 2.50. The summed E-state index contributed by atoms with van der Waals surface area (Å²) in [6, 6.07) is 10.7. The molecule has 2 aliphatic rings. The molecule has 4 rings (SSSR count). The number of sulfonamides is 1. The van der Waals surface area contributed by atoms with E-state index in [1.165, 1.54) is 10.6 Å². The topological polar surface area (TPSA) is 75.7 Å². The maximum Gasteiger partial charge on any atom is 0.251 e. The Morgan fingerprint density at radius 3 is 2.79 bits per heavy atom. The van der Waals surface area contributed by atoms with E-state index in [1.807, 2.05) is 25.1 Å². The van der Waals surface area contributed by atoms with Crippen LogP contribution in [0.4, 0.5) is 5.69 Å². The van der Waals surface area contributed by atoms with E-state index in [1.54, 1.807) is 18.2 Å². The lowest BCUT2D eigenvalue weighted by atomic mass is 9.99. The molecule has 2 aromatic carbocycles. The normalized spacial score (nSPS) is 20.9. The fourth-order valence-electron chi connectivity index (χ4n) is 4.01. The quantitative estimate of drug-likeness (QED) is 0.754. The van der Waals surface area contributed by atoms with Gasteiger partial charge in [-0.15, -0.1) is 0 Å². The number of ether oxygens (including phenoxy) is 1. The van der Waals surface area contributed by atoms with Crippen molar-refractivity contribution in [3.05, 3.63) is 57.6 Å². The van der Waals surface area contributed by atoms with Crippen molar-refractivity contribution in [2.24, 2.45) is 0 Å². The van der Waals surface area contributed by atoms with Crippen molar-refractivity contribution in [2.45, 2.75) is 31.8 Å². The third-order valence-corrected chi connectivity index (χ3v) is 6.93. The highest BCUT2D eigenvalue weighted by atomic mass is 79.9. The first-order valence-corrected chi connectivity index (χ1v) is 11.7. The molecule has 0 aromatic heterocycles. The Hall–Kier alpha value is -2.06. The molecule has 0 bridgehead atoms. The highest BCUT2D eigenvalue weighted by molar-refractivity contribution is 9.10. The monoisotopic (exact) mass is 464 g/mol. The minimum absolute atomic E-state index is 0.131. The van der Waals surface area contributed by atoms with Gasteiger partial charge < -0.3 is 10.1 Å². The lowest BCUT2D eigenvalue weighted by molar-refractivity contribution is 0.0924. The maximum absolute atomic E-state index is 12.9. The molecule has 2 atom stereocenters. The predicted octanol–water partition coefficient (Wildman–Crippen LogP) is 3.41. The van der Waals surface area contributed by atoms with Gasteiger partial charge >= 0.3 is 0 Å². The first-order valence-electron chi connectivity index (χ1n) is 9.09. The number of hydrogen-bond acceptors (Lipinski definition) is 4. The van der Waals surface area contributed by atoms with Crippen LogP contribution in [0.1, 0.15) is 40.9 Å². The minimum Gasteiger partial charge on any atom is -0.493 e. The predicted molar refractivity (Wildman–Crippen MR) is 111 cm³/mol. The number of anilines is 1. The molecule has 8 heteroatoms. The zero-order chi connectivity index (χ0) is 20.1. The molecule has 148 valence electrons. The number of halogens is 1. The second-order valence-corrected chi connectivity index (χ2v) is 10.1. The molecular weight excluding hydrogens is 444 g/mol. The number of benzene rings is 2. The van der Waals surface area contributed by atoms with Gasteiger partial charge in [-0.2, -0.15) is 0 Å². The van der Waals surface area contributed by atoms with Crippen LogP contribution in [0.15, 0.2) is 40.9 Å². The van der Waals surface area contributed by atoms with Crippen LogP contribution in [0, 0.1) is 0 Å². The van der Waals surface area contributed by atoms with Crippen molar-refractivity contribution in [3.63, 3.8) is 0 Å². The van der Waals surface area contributed by atoms with E-state index in [-0.39, 0.29) is 18.0 Å². The maximum atomic E-state index is 12.9. The van der Waals surface area contributed by atoms with Crippen molar-refractivity contribution in [3.8, 4) is 5.75 Å². The average molecular weight is 465 g/mol. The van der Waals surface area contributed by atoms with Crippen LogP contribution < -0.4 is 14.4 Å². The molecule has 1 N–H and O–H groups in total. The van der Waals surface area contributed by atoms with Crippen LogP contribution >= 0.6 is 15.9 Å². The number of amides is 1. The summed E-state index contributed by atoms with van der Waals surface area (Å²) >= 11 is 3.47. The number of carbonyl (C=O) groups excluding carboxylic acids is 1. The number of fused-ring (bicyclic) bond motifs is 2. The molecule has 1 amide bonds. The van der Waals surface area contributed by atoms with Gasteiger partial charge in [0.15, 0.2) is 0 Å². The Bertz CT molecular complexity index is 1050. The summed E-state index contributed by atoms with van der Waals surface area (Å²) in [5, 5.41) is 3.09. The zero-order valence-corrected chi connectivity index (χ0v) is 18.0. The molecule has 0 spiro atoms. The van der Waals surface area contributed by atoms with Crippen LogP contribution in [0.5, 0.6) is 5.75 Å². The Labute approximate surface area is 173 Å². The second kappa shape index (κ2) is 7.08. The van der Waals surface area contributed by atoms with E-state index in [0.717, 1.165) is 21.3 Å². The molecule has 2 unspecified atom stereocenters. The van der Waals surface area contributed by atoms with Gasteiger partial charge in [-0.05, 0) is 55.3 Å². The van der Waals surface area contributed by atoms with Gasteiger partial charge in [-0.25, -0.2) is 8.42 Å². The summed E-state index contributed by atoms with van der Waals surface area (Å²) in [5.41, 5.74) is 3.02. The van der Waals surface area contributed by atoms with Gasteiger partial charge in [0.05, 0.1) is 24.6 Å². The summed E-state index contributed by atoms with van der Waals surface area (Å²) in [4.78, 5) is 12.9. The largest absolute Gasteiger partial charge is 0.493 e. The summed E-state index contributed by atoms with van der Waals surface area (Å²) < 4.78 is 32.2. The SMILES string of the molecule is CC1Cc2cc(C(=O)NC3CCOc4ccc(Br)cc43)ccc2N1S(C)(=O)=O. The minimum atomic E-state index is -3.34. The smallest absolute Gasteiger partial charge is 0.251 e. The number of hydrogen-bond donors (Lipinski definition) is 1. The fourth-order valence-corrected chi connectivity index (χ4v) is 5.65. The molecule has 0 saturated heterocycles. The van der Waals surface area contributed by atoms with Crippen LogP contribution in [-0.2, 0) is 16.4 Å². The number of nitrogens with zero attached hydrogens (tertiary/aromatic N) is 1. The zero-order valence-electron chi connectivity index (χ0n) is 15.6. The first kappa shape index (κ1) is 19.3. The van der Waals surface area contributed by atoms with E-state index < -0.39 is 10.0 Å². The van der Waals surface area contributed by atoms with Gasteiger partial charge in [0.2, 0.25) is 10.0 Å². The Morgan fingerprint density at radius 1 is 1.25 bits per heavy atom. The molecule has 28 heavy (non-hydrogen) atoms. The van der Waals surface area contributed by atoms with Crippen LogP contribution in [0.25, 0.3) is 0 Å². The average Bonchev–Trinajstić information content (AvgIpc) is 2.97. The molecule has 2 aromatic rings. The molecule has 6 nitrogen and oxygen atoms in total. The molecule has 0 saturated carbocycles. The Morgan fingerprint density at radius 2 is 2.04 bits per heavy atom. The highest BCUT2D eigenvalue weighted by Gasteiger charge is 2.33. The Kier molecular flexibility index (Phi) is 4.87. The van der Waals surface area contributed by atoms with Crippen LogP contribution in [0.3, 0.4) is 0 Å². The lowest BCUT2D eigenvalue weighted by Gasteiger charge is -2.27. The van der Waals surface area contributed by atoms with E-state index in [4.69, 9.17) is 4.74 Å². The van der Waals surface area contributed by atoms with Crippen LogP contribution in [-0.4, -0.2) is 33.2 Å². The fraction of sp³-hybridized carbons (Fsp3) is 0.350. The van der Waals surface area contributed by atoms with E-state index in [0.29, 0.717) is 30.7 Å². The van der Waals surface area contributed by atoms with Gasteiger partial charge in [-0.3, -0.25) is 9.10 Å². The van der Waals surface area contributed by atoms with Crippen molar-refractivity contribution in [1.29, 1.82) is 0 Å². The van der Waals surface area contributed by atoms with Crippen molar-refractivity contribution < 1.29 is 17.9 Å². The van der Waals surface area contributed by atoms with Crippen LogP contribution in [0.2, 0.25) is 0 Å². The number of carbonyl (C=O) groups is 1. The summed E-state index contributed by atoms with van der Waals surface area (Å²) in [6.45, 7) is 2.42. The second-order valence-electron chi connectivity index (χ2n) is 7.30. The molecule has 2 aliphatic heterocycles. The number of nitrogens with one attached hydrogen (secondary N) is 1. The van der Waals surface area contributed by atoms with Crippen molar-refractivity contribution in [1.82, 2.24) is 5.32 Å². The summed E-state index contributed by atoms with van der Waals surface area (Å²) in [5.74, 6) is 0.609. The molecule has 2 heterocycles. The van der Waals surface area contributed by atoms with Gasteiger partial charge in [0, 0.05) is 28.1 Å². The third-order valence-electron chi connectivity index (χ3n) is 5.17. The van der Waals surface area contributed by atoms with E-state index in [2.05, 4.69) is 21.2 Å². The van der Waals surface area contributed by atoms with Gasteiger partial charge in [-0.1, -0.05) is 15.9 Å². The van der Waals surface area contributed by atoms with Crippen molar-refractivity contribution >= 4 is 37.5 Å². The highest BCUT2D eigenvalue weighted by Crippen LogP contribution is 2.36. The molecule has 0 aliphatic carbocycles. The van der Waals surface area contributed by atoms with E-state index in [9.17, 15) is 13.2 Å². The number of rotatable bonds is 3. The van der Waals surface area contributed by atoms with E-state index >= 15 is 0 Å². The first-order chi connectivity index (χ1) is 13.2.